The lowest BCUT2D eigenvalue weighted by Crippen LogP contribution is -2.55. The number of imidazole rings is 1. The number of hydrogen-bond donors (Lipinski definition) is 4. The average molecular weight is 533 g/mol. The van der Waals surface area contributed by atoms with Gasteiger partial charge in [0.15, 0.2) is 0 Å². The van der Waals surface area contributed by atoms with Gasteiger partial charge in [0.2, 0.25) is 11.8 Å². The van der Waals surface area contributed by atoms with Gasteiger partial charge in [-0.05, 0) is 24.0 Å². The molecule has 4 rings (SSSR count). The van der Waals surface area contributed by atoms with Crippen LogP contribution in [-0.2, 0) is 28.0 Å². The Morgan fingerprint density at radius 1 is 1.08 bits per heavy atom. The molecule has 0 bridgehead atoms. The van der Waals surface area contributed by atoms with Crippen molar-refractivity contribution in [2.45, 2.75) is 43.7 Å². The van der Waals surface area contributed by atoms with Crippen LogP contribution < -0.4 is 11.1 Å². The van der Waals surface area contributed by atoms with Gasteiger partial charge in [0, 0.05) is 49.9 Å². The van der Waals surface area contributed by atoms with Gasteiger partial charge in [-0.3, -0.25) is 14.5 Å². The lowest BCUT2D eigenvalue weighted by atomic mass is 9.64. The van der Waals surface area contributed by atoms with E-state index in [1.807, 2.05) is 48.5 Å². The number of carbonyl (C=O) groups excluding carboxylic acids is 2. The van der Waals surface area contributed by atoms with Crippen LogP contribution in [0.15, 0.2) is 73.2 Å². The van der Waals surface area contributed by atoms with Crippen molar-refractivity contribution in [1.29, 1.82) is 0 Å². The normalized spacial score (nSPS) is 14.6. The van der Waals surface area contributed by atoms with E-state index >= 15 is 0 Å². The standard InChI is InChI=1S/C29H36N6O4/c30-14-15-34(19-26(36)32-20-29(12-7-13-29)23-10-5-2-6-11-23)27(37)25(16-24-17-31-21-33-24)35(28(38)39)18-22-8-3-1-4-9-22/h1-6,8-11,17,21,25H,7,12-16,18-20,30H2,(H,31,33)(H,32,36)(H,38,39)/t25-/m0/s1. The maximum absolute atomic E-state index is 13.9. The summed E-state index contributed by atoms with van der Waals surface area (Å²) in [6, 6.07) is 18.2. The largest absolute Gasteiger partial charge is 0.465 e. The minimum absolute atomic E-state index is 0.0168. The summed E-state index contributed by atoms with van der Waals surface area (Å²) >= 11 is 0. The molecule has 0 spiro atoms. The third-order valence-electron chi connectivity index (χ3n) is 7.44. The van der Waals surface area contributed by atoms with E-state index in [-0.39, 0.29) is 43.9 Å². The van der Waals surface area contributed by atoms with Gasteiger partial charge in [-0.25, -0.2) is 9.78 Å². The van der Waals surface area contributed by atoms with Crippen LogP contribution in [0.1, 0.15) is 36.1 Å². The number of amides is 3. The highest BCUT2D eigenvalue weighted by atomic mass is 16.4. The van der Waals surface area contributed by atoms with E-state index in [9.17, 15) is 19.5 Å². The molecule has 0 aliphatic heterocycles. The first kappa shape index (κ1) is 27.8. The molecule has 39 heavy (non-hydrogen) atoms. The van der Waals surface area contributed by atoms with E-state index in [4.69, 9.17) is 5.73 Å². The molecule has 3 aromatic rings. The molecule has 10 heteroatoms. The summed E-state index contributed by atoms with van der Waals surface area (Å²) in [4.78, 5) is 48.8. The number of nitrogens with zero attached hydrogens (tertiary/aromatic N) is 3. The van der Waals surface area contributed by atoms with Crippen LogP contribution in [0.4, 0.5) is 4.79 Å². The van der Waals surface area contributed by atoms with E-state index in [1.54, 1.807) is 6.20 Å². The molecule has 0 radical (unpaired) electrons. The van der Waals surface area contributed by atoms with Crippen LogP contribution in [-0.4, -0.2) is 75.0 Å². The van der Waals surface area contributed by atoms with Crippen LogP contribution >= 0.6 is 0 Å². The Morgan fingerprint density at radius 2 is 1.77 bits per heavy atom. The maximum Gasteiger partial charge on any atom is 0.408 e. The molecular weight excluding hydrogens is 496 g/mol. The third-order valence-corrected chi connectivity index (χ3v) is 7.44. The zero-order chi connectivity index (χ0) is 27.7. The highest BCUT2D eigenvalue weighted by molar-refractivity contribution is 5.89. The summed E-state index contributed by atoms with van der Waals surface area (Å²) in [7, 11) is 0. The van der Waals surface area contributed by atoms with E-state index in [2.05, 4.69) is 27.4 Å². The van der Waals surface area contributed by atoms with Crippen molar-refractivity contribution in [2.24, 2.45) is 5.73 Å². The van der Waals surface area contributed by atoms with Gasteiger partial charge in [0.1, 0.15) is 6.04 Å². The first-order valence-electron chi connectivity index (χ1n) is 13.2. The molecule has 206 valence electrons. The van der Waals surface area contributed by atoms with Gasteiger partial charge >= 0.3 is 6.09 Å². The van der Waals surface area contributed by atoms with E-state index in [0.29, 0.717) is 12.2 Å². The van der Waals surface area contributed by atoms with Crippen molar-refractivity contribution in [2.75, 3.05) is 26.2 Å². The van der Waals surface area contributed by atoms with Crippen molar-refractivity contribution in [3.05, 3.63) is 90.0 Å². The molecule has 1 aliphatic rings. The van der Waals surface area contributed by atoms with Gasteiger partial charge in [0.05, 0.1) is 12.9 Å². The molecule has 1 heterocycles. The number of nitrogens with two attached hydrogens (primary N) is 1. The fourth-order valence-electron chi connectivity index (χ4n) is 5.12. The van der Waals surface area contributed by atoms with Crippen LogP contribution in [0.25, 0.3) is 0 Å². The Bertz CT molecular complexity index is 1220. The molecule has 1 atom stereocenters. The Morgan fingerprint density at radius 3 is 2.33 bits per heavy atom. The first-order valence-corrected chi connectivity index (χ1v) is 13.2. The number of nitrogens with one attached hydrogen (secondary N) is 2. The summed E-state index contributed by atoms with van der Waals surface area (Å²) in [6.07, 6.45) is 4.97. The van der Waals surface area contributed by atoms with Crippen LogP contribution in [0.2, 0.25) is 0 Å². The predicted molar refractivity (Wildman–Crippen MR) is 147 cm³/mol. The number of hydrogen-bond acceptors (Lipinski definition) is 5. The van der Waals surface area contributed by atoms with Gasteiger partial charge < -0.3 is 26.0 Å². The minimum Gasteiger partial charge on any atom is -0.465 e. The number of H-pyrrole nitrogens is 1. The second kappa shape index (κ2) is 13.1. The van der Waals surface area contributed by atoms with E-state index in [0.717, 1.165) is 29.7 Å². The average Bonchev–Trinajstić information content (AvgIpc) is 3.44. The zero-order valence-electron chi connectivity index (χ0n) is 22.0. The highest BCUT2D eigenvalue weighted by Gasteiger charge is 2.39. The summed E-state index contributed by atoms with van der Waals surface area (Å²) in [5.41, 5.74) is 8.27. The van der Waals surface area contributed by atoms with Crippen molar-refractivity contribution in [3.63, 3.8) is 0 Å². The lowest BCUT2D eigenvalue weighted by molar-refractivity contribution is -0.140. The number of aromatic nitrogens is 2. The maximum atomic E-state index is 13.9. The van der Waals surface area contributed by atoms with Gasteiger partial charge in [-0.15, -0.1) is 0 Å². The number of benzene rings is 2. The van der Waals surface area contributed by atoms with E-state index < -0.39 is 18.0 Å². The monoisotopic (exact) mass is 532 g/mol. The number of carbonyl (C=O) groups is 3. The van der Waals surface area contributed by atoms with Gasteiger partial charge in [0.25, 0.3) is 0 Å². The molecule has 0 saturated heterocycles. The molecule has 1 aliphatic carbocycles. The SMILES string of the molecule is NCCN(CC(=O)NCC1(c2ccccc2)CCC1)C(=O)[C@H](Cc1cnc[nH]1)N(Cc1ccccc1)C(=O)O. The molecule has 1 saturated carbocycles. The molecule has 1 aromatic heterocycles. The molecule has 3 amide bonds. The molecule has 1 fully saturated rings. The summed E-state index contributed by atoms with van der Waals surface area (Å²) in [5, 5.41) is 13.1. The first-order chi connectivity index (χ1) is 18.9. The van der Waals surface area contributed by atoms with Crippen LogP contribution in [0.3, 0.4) is 0 Å². The van der Waals surface area contributed by atoms with Crippen LogP contribution in [0, 0.1) is 0 Å². The molecule has 0 unspecified atom stereocenters. The minimum atomic E-state index is -1.23. The quantitative estimate of drug-likeness (QED) is 0.266. The summed E-state index contributed by atoms with van der Waals surface area (Å²) in [6.45, 7) is 0.541. The summed E-state index contributed by atoms with van der Waals surface area (Å²) < 4.78 is 0. The Hall–Kier alpha value is -4.18. The molecule has 10 nitrogen and oxygen atoms in total. The number of carboxylic acid groups (broad SMARTS) is 1. The lowest BCUT2D eigenvalue weighted by Gasteiger charge is -2.42. The van der Waals surface area contributed by atoms with Crippen LogP contribution in [0.5, 0.6) is 0 Å². The Kier molecular flexibility index (Phi) is 9.32. The van der Waals surface area contributed by atoms with Gasteiger partial charge in [-0.1, -0.05) is 67.1 Å². The smallest absolute Gasteiger partial charge is 0.408 e. The third kappa shape index (κ3) is 7.02. The van der Waals surface area contributed by atoms with Crippen molar-refractivity contribution in [1.82, 2.24) is 25.1 Å². The van der Waals surface area contributed by atoms with Crippen molar-refractivity contribution < 1.29 is 19.5 Å². The Balaban J connectivity index is 1.50. The van der Waals surface area contributed by atoms with E-state index in [1.165, 1.54) is 16.8 Å². The topological polar surface area (TPSA) is 145 Å². The summed E-state index contributed by atoms with van der Waals surface area (Å²) in [5.74, 6) is -0.783. The van der Waals surface area contributed by atoms with Crippen molar-refractivity contribution >= 4 is 17.9 Å². The fourth-order valence-corrected chi connectivity index (χ4v) is 5.12. The second-order valence-electron chi connectivity index (χ2n) is 10.0. The fraction of sp³-hybridized carbons (Fsp3) is 0.379. The number of aromatic amines is 1. The Labute approximate surface area is 228 Å². The molecule has 5 N–H and O–H groups in total. The molecule has 2 aromatic carbocycles. The van der Waals surface area contributed by atoms with Crippen molar-refractivity contribution in [3.8, 4) is 0 Å². The zero-order valence-corrected chi connectivity index (χ0v) is 22.0. The second-order valence-corrected chi connectivity index (χ2v) is 10.0. The van der Waals surface area contributed by atoms with Gasteiger partial charge in [-0.2, -0.15) is 0 Å². The highest BCUT2D eigenvalue weighted by Crippen LogP contribution is 2.43. The molecular formula is C29H36N6O4. The predicted octanol–water partition coefficient (Wildman–Crippen LogP) is 2.53. The number of rotatable bonds is 13.